The molecule has 0 spiro atoms. The molecule has 0 saturated carbocycles. The summed E-state index contributed by atoms with van der Waals surface area (Å²) in [5.41, 5.74) is 2.07. The average Bonchev–Trinajstić information content (AvgIpc) is 3.04. The second-order valence-electron chi connectivity index (χ2n) is 5.41. The van der Waals surface area contributed by atoms with Crippen molar-refractivity contribution in [2.45, 2.75) is 19.4 Å². The maximum Gasteiger partial charge on any atom is 0.270 e. The van der Waals surface area contributed by atoms with Crippen molar-refractivity contribution in [2.24, 2.45) is 0 Å². The van der Waals surface area contributed by atoms with E-state index in [1.54, 1.807) is 12.1 Å². The molecule has 8 nitrogen and oxygen atoms in total. The van der Waals surface area contributed by atoms with Gasteiger partial charge in [0.2, 0.25) is 0 Å². The number of nitrogens with one attached hydrogen (secondary N) is 2. The summed E-state index contributed by atoms with van der Waals surface area (Å²) >= 11 is 0. The Balaban J connectivity index is 2.02. The van der Waals surface area contributed by atoms with Crippen LogP contribution in [0.25, 0.3) is 22.3 Å². The van der Waals surface area contributed by atoms with E-state index in [4.69, 9.17) is 0 Å². The van der Waals surface area contributed by atoms with Gasteiger partial charge >= 0.3 is 0 Å². The molecule has 0 aliphatic carbocycles. The molecule has 0 saturated heterocycles. The van der Waals surface area contributed by atoms with Crippen molar-refractivity contribution in [3.63, 3.8) is 0 Å². The van der Waals surface area contributed by atoms with Crippen LogP contribution in [-0.4, -0.2) is 37.6 Å². The number of aliphatic hydroxyl groups excluding tert-OH is 1. The van der Waals surface area contributed by atoms with Crippen LogP contribution in [0.1, 0.15) is 13.3 Å². The van der Waals surface area contributed by atoms with E-state index >= 15 is 0 Å². The van der Waals surface area contributed by atoms with Gasteiger partial charge in [0, 0.05) is 23.4 Å². The molecule has 8 heteroatoms. The molecule has 3 aromatic rings. The number of aromatic nitrogens is 3. The highest BCUT2D eigenvalue weighted by Crippen LogP contribution is 2.29. The minimum Gasteiger partial charge on any atom is -0.394 e. The molecule has 3 rings (SSSR count). The number of aliphatic hydroxyl groups is 1. The summed E-state index contributed by atoms with van der Waals surface area (Å²) in [6.45, 7) is 1.97. The van der Waals surface area contributed by atoms with Gasteiger partial charge in [-0.05, 0) is 12.5 Å². The first-order valence-corrected chi connectivity index (χ1v) is 7.58. The van der Waals surface area contributed by atoms with Crippen molar-refractivity contribution in [1.82, 2.24) is 15.0 Å². The van der Waals surface area contributed by atoms with Gasteiger partial charge in [0.15, 0.2) is 0 Å². The number of nitro benzene ring substituents is 1. The number of hydrogen-bond donors (Lipinski definition) is 3. The minimum absolute atomic E-state index is 0.00412. The van der Waals surface area contributed by atoms with Crippen molar-refractivity contribution in [2.75, 3.05) is 11.9 Å². The summed E-state index contributed by atoms with van der Waals surface area (Å²) < 4.78 is 0. The first-order chi connectivity index (χ1) is 11.6. The van der Waals surface area contributed by atoms with Crippen LogP contribution in [0.5, 0.6) is 0 Å². The predicted molar refractivity (Wildman–Crippen MR) is 90.8 cm³/mol. The number of aromatic amines is 1. The lowest BCUT2D eigenvalue weighted by molar-refractivity contribution is -0.384. The molecule has 1 aromatic carbocycles. The van der Waals surface area contributed by atoms with E-state index in [0.717, 1.165) is 11.8 Å². The quantitative estimate of drug-likeness (QED) is 0.473. The van der Waals surface area contributed by atoms with E-state index in [2.05, 4.69) is 20.3 Å². The molecule has 1 atom stereocenters. The Morgan fingerprint density at radius 1 is 1.38 bits per heavy atom. The van der Waals surface area contributed by atoms with Gasteiger partial charge in [-0.15, -0.1) is 0 Å². The average molecular weight is 327 g/mol. The number of rotatable bonds is 6. The summed E-state index contributed by atoms with van der Waals surface area (Å²) in [4.78, 5) is 22.1. The third kappa shape index (κ3) is 3.04. The molecule has 3 N–H and O–H groups in total. The number of nitrogens with zero attached hydrogens (tertiary/aromatic N) is 3. The fraction of sp³-hybridized carbons (Fsp3) is 0.250. The molecule has 0 fully saturated rings. The van der Waals surface area contributed by atoms with E-state index in [1.165, 1.54) is 18.5 Å². The molecule has 2 aromatic heterocycles. The smallest absolute Gasteiger partial charge is 0.270 e. The van der Waals surface area contributed by atoms with Crippen LogP contribution in [0.2, 0.25) is 0 Å². The van der Waals surface area contributed by atoms with Gasteiger partial charge in [-0.1, -0.05) is 19.1 Å². The van der Waals surface area contributed by atoms with E-state index in [0.29, 0.717) is 22.7 Å². The Kier molecular flexibility index (Phi) is 4.39. The lowest BCUT2D eigenvalue weighted by Crippen LogP contribution is -2.23. The number of H-pyrrole nitrogens is 1. The van der Waals surface area contributed by atoms with Crippen molar-refractivity contribution in [3.05, 3.63) is 46.8 Å². The normalized spacial score (nSPS) is 12.2. The zero-order valence-electron chi connectivity index (χ0n) is 13.1. The van der Waals surface area contributed by atoms with E-state index < -0.39 is 4.92 Å². The molecule has 0 aliphatic rings. The fourth-order valence-electron chi connectivity index (χ4n) is 2.47. The van der Waals surface area contributed by atoms with Crippen molar-refractivity contribution in [1.29, 1.82) is 0 Å². The highest BCUT2D eigenvalue weighted by atomic mass is 16.6. The fourth-order valence-corrected chi connectivity index (χ4v) is 2.47. The second kappa shape index (κ2) is 6.63. The van der Waals surface area contributed by atoms with Gasteiger partial charge in [-0.2, -0.15) is 0 Å². The van der Waals surface area contributed by atoms with Gasteiger partial charge < -0.3 is 15.4 Å². The third-order valence-corrected chi connectivity index (χ3v) is 3.85. The van der Waals surface area contributed by atoms with Crippen LogP contribution in [0.3, 0.4) is 0 Å². The summed E-state index contributed by atoms with van der Waals surface area (Å²) in [5.74, 6) is 0.619. The van der Waals surface area contributed by atoms with Crippen LogP contribution >= 0.6 is 0 Å². The number of benzene rings is 1. The Morgan fingerprint density at radius 2 is 2.21 bits per heavy atom. The maximum absolute atomic E-state index is 10.9. The van der Waals surface area contributed by atoms with Crippen LogP contribution in [-0.2, 0) is 0 Å². The summed E-state index contributed by atoms with van der Waals surface area (Å²) in [5, 5.41) is 24.2. The molecule has 1 unspecified atom stereocenters. The lowest BCUT2D eigenvalue weighted by atomic mass is 10.1. The molecule has 0 bridgehead atoms. The topological polar surface area (TPSA) is 117 Å². The number of nitro groups is 1. The SMILES string of the molecule is CCC(CO)Nc1ncnc2[nH]c(-c3cccc([N+](=O)[O-])c3)cc12. The first-order valence-electron chi connectivity index (χ1n) is 7.58. The summed E-state index contributed by atoms with van der Waals surface area (Å²) in [6.07, 6.45) is 2.19. The Hall–Kier alpha value is -3.00. The van der Waals surface area contributed by atoms with E-state index in [-0.39, 0.29) is 18.3 Å². The van der Waals surface area contributed by atoms with Crippen molar-refractivity contribution >= 4 is 22.5 Å². The molecule has 0 aliphatic heterocycles. The van der Waals surface area contributed by atoms with Crippen molar-refractivity contribution in [3.8, 4) is 11.3 Å². The van der Waals surface area contributed by atoms with Crippen LogP contribution < -0.4 is 5.32 Å². The molecular formula is C16H17N5O3. The summed E-state index contributed by atoms with van der Waals surface area (Å²) in [6, 6.07) is 8.14. The number of hydrogen-bond acceptors (Lipinski definition) is 6. The first kappa shape index (κ1) is 15.9. The number of non-ortho nitro benzene ring substituents is 1. The number of anilines is 1. The molecule has 124 valence electrons. The minimum atomic E-state index is -0.425. The predicted octanol–water partition coefficient (Wildman–Crippen LogP) is 2.72. The van der Waals surface area contributed by atoms with Crippen LogP contribution in [0.4, 0.5) is 11.5 Å². The highest BCUT2D eigenvalue weighted by molar-refractivity contribution is 5.91. The van der Waals surface area contributed by atoms with Crippen molar-refractivity contribution < 1.29 is 10.0 Å². The molecule has 2 heterocycles. The van der Waals surface area contributed by atoms with Gasteiger partial charge in [-0.25, -0.2) is 9.97 Å². The third-order valence-electron chi connectivity index (χ3n) is 3.85. The Labute approximate surface area is 137 Å². The maximum atomic E-state index is 10.9. The highest BCUT2D eigenvalue weighted by Gasteiger charge is 2.14. The van der Waals surface area contributed by atoms with Crippen LogP contribution in [0.15, 0.2) is 36.7 Å². The molecular weight excluding hydrogens is 310 g/mol. The standard InChI is InChI=1S/C16H17N5O3/c1-2-11(8-22)19-15-13-7-14(20-16(13)18-9-17-15)10-4-3-5-12(6-10)21(23)24/h3-7,9,11,22H,2,8H2,1H3,(H2,17,18,19,20). The van der Waals surface area contributed by atoms with Gasteiger partial charge in [0.25, 0.3) is 5.69 Å². The molecule has 0 amide bonds. The van der Waals surface area contributed by atoms with Gasteiger partial charge in [0.05, 0.1) is 23.0 Å². The zero-order chi connectivity index (χ0) is 17.1. The lowest BCUT2D eigenvalue weighted by Gasteiger charge is -2.14. The second-order valence-corrected chi connectivity index (χ2v) is 5.41. The zero-order valence-corrected chi connectivity index (χ0v) is 13.1. The number of fused-ring (bicyclic) bond motifs is 1. The largest absolute Gasteiger partial charge is 0.394 e. The van der Waals surface area contributed by atoms with E-state index in [1.807, 2.05) is 13.0 Å². The molecule has 0 radical (unpaired) electrons. The van der Waals surface area contributed by atoms with Gasteiger partial charge in [0.1, 0.15) is 17.8 Å². The molecule has 24 heavy (non-hydrogen) atoms. The summed E-state index contributed by atoms with van der Waals surface area (Å²) in [7, 11) is 0. The monoisotopic (exact) mass is 327 g/mol. The van der Waals surface area contributed by atoms with Crippen LogP contribution in [0, 0.1) is 10.1 Å². The van der Waals surface area contributed by atoms with E-state index in [9.17, 15) is 15.2 Å². The Bertz CT molecular complexity index is 873. The Morgan fingerprint density at radius 3 is 2.92 bits per heavy atom. The van der Waals surface area contributed by atoms with Gasteiger partial charge in [-0.3, -0.25) is 10.1 Å².